The third-order valence-corrected chi connectivity index (χ3v) is 9.08. The van der Waals surface area contributed by atoms with Crippen LogP contribution in [-0.4, -0.2) is 78.4 Å². The SMILES string of the molecule is C=CCCCCOC(=O)[C@@H]1[C@H]2C(=O)N(CCCCCCO)C(C(=O)N(CC=C)c3ccc(OC)cc3)C23CC[C@@]1(C)O3. The third kappa shape index (κ3) is 5.99. The van der Waals surface area contributed by atoms with Crippen LogP contribution in [0.15, 0.2) is 49.6 Å². The average Bonchev–Trinajstić information content (AvgIpc) is 3.56. The van der Waals surface area contributed by atoms with Crippen LogP contribution in [0.3, 0.4) is 0 Å². The molecule has 0 aromatic heterocycles. The lowest BCUT2D eigenvalue weighted by Gasteiger charge is -2.37. The molecule has 3 aliphatic rings. The van der Waals surface area contributed by atoms with Gasteiger partial charge < -0.3 is 29.1 Å². The maximum absolute atomic E-state index is 14.6. The molecule has 3 fully saturated rings. The number of methoxy groups -OCH3 is 1. The van der Waals surface area contributed by atoms with Crippen LogP contribution in [0.1, 0.15) is 64.7 Å². The average molecular weight is 583 g/mol. The number of likely N-dealkylation sites (tertiary alicyclic amines) is 1. The molecule has 42 heavy (non-hydrogen) atoms. The van der Waals surface area contributed by atoms with Gasteiger partial charge in [-0.2, -0.15) is 0 Å². The van der Waals surface area contributed by atoms with Gasteiger partial charge in [0.25, 0.3) is 5.91 Å². The summed E-state index contributed by atoms with van der Waals surface area (Å²) in [5.41, 5.74) is -1.34. The van der Waals surface area contributed by atoms with Gasteiger partial charge in [-0.15, -0.1) is 13.2 Å². The molecule has 3 saturated heterocycles. The molecule has 3 heterocycles. The molecule has 0 radical (unpaired) electrons. The third-order valence-electron chi connectivity index (χ3n) is 9.08. The Morgan fingerprint density at radius 3 is 2.50 bits per heavy atom. The van der Waals surface area contributed by atoms with E-state index in [0.29, 0.717) is 50.1 Å². The Labute approximate surface area is 249 Å². The molecule has 1 aromatic carbocycles. The number of unbranched alkanes of at least 4 members (excludes halogenated alkanes) is 5. The fourth-order valence-electron chi connectivity index (χ4n) is 7.07. The Balaban J connectivity index is 1.66. The molecule has 1 N–H and O–H groups in total. The fraction of sp³-hybridized carbons (Fsp3) is 0.606. The first-order valence-corrected chi connectivity index (χ1v) is 15.2. The number of carbonyl (C=O) groups is 3. The first-order chi connectivity index (χ1) is 20.3. The number of allylic oxidation sites excluding steroid dienone is 1. The van der Waals surface area contributed by atoms with E-state index in [1.165, 1.54) is 0 Å². The van der Waals surface area contributed by atoms with Crippen LogP contribution in [0, 0.1) is 11.8 Å². The van der Waals surface area contributed by atoms with Crippen molar-refractivity contribution in [1.82, 2.24) is 4.90 Å². The van der Waals surface area contributed by atoms with Gasteiger partial charge in [-0.25, -0.2) is 0 Å². The van der Waals surface area contributed by atoms with Gasteiger partial charge in [0, 0.05) is 25.4 Å². The number of aliphatic hydroxyl groups is 1. The van der Waals surface area contributed by atoms with E-state index in [1.807, 2.05) is 25.1 Å². The number of esters is 1. The number of amides is 2. The largest absolute Gasteiger partial charge is 0.497 e. The molecule has 0 aliphatic carbocycles. The minimum Gasteiger partial charge on any atom is -0.497 e. The number of hydrogen-bond acceptors (Lipinski definition) is 7. The van der Waals surface area contributed by atoms with Gasteiger partial charge in [-0.3, -0.25) is 14.4 Å². The number of nitrogens with zero attached hydrogens (tertiary/aromatic N) is 2. The van der Waals surface area contributed by atoms with E-state index in [4.69, 9.17) is 14.2 Å². The number of carbonyl (C=O) groups excluding carboxylic acids is 3. The number of benzene rings is 1. The highest BCUT2D eigenvalue weighted by molar-refractivity contribution is 6.04. The van der Waals surface area contributed by atoms with Crippen molar-refractivity contribution in [2.45, 2.75) is 82.0 Å². The van der Waals surface area contributed by atoms with Crippen molar-refractivity contribution in [3.8, 4) is 5.75 Å². The minimum atomic E-state index is -1.12. The molecule has 1 spiro atoms. The molecule has 2 unspecified atom stereocenters. The number of aliphatic hydroxyl groups excluding tert-OH is 1. The quantitative estimate of drug-likeness (QED) is 0.165. The Kier molecular flexibility index (Phi) is 10.5. The fourth-order valence-corrected chi connectivity index (χ4v) is 7.07. The molecule has 2 amide bonds. The van der Waals surface area contributed by atoms with Gasteiger partial charge in [-0.05, 0) is 76.1 Å². The molecule has 3 aliphatic heterocycles. The molecular weight excluding hydrogens is 536 g/mol. The monoisotopic (exact) mass is 582 g/mol. The molecule has 9 nitrogen and oxygen atoms in total. The van der Waals surface area contributed by atoms with E-state index in [1.54, 1.807) is 35.1 Å². The summed E-state index contributed by atoms with van der Waals surface area (Å²) in [4.78, 5) is 45.7. The van der Waals surface area contributed by atoms with E-state index in [2.05, 4.69) is 13.2 Å². The van der Waals surface area contributed by atoms with Crippen LogP contribution < -0.4 is 9.64 Å². The molecular formula is C33H46N2O7. The summed E-state index contributed by atoms with van der Waals surface area (Å²) in [6.07, 6.45) is 10.0. The minimum absolute atomic E-state index is 0.122. The van der Waals surface area contributed by atoms with E-state index in [-0.39, 0.29) is 31.6 Å². The van der Waals surface area contributed by atoms with Crippen molar-refractivity contribution < 1.29 is 33.7 Å². The van der Waals surface area contributed by atoms with Crippen LogP contribution >= 0.6 is 0 Å². The van der Waals surface area contributed by atoms with Gasteiger partial charge in [0.15, 0.2) is 0 Å². The van der Waals surface area contributed by atoms with E-state index in [0.717, 1.165) is 25.7 Å². The molecule has 1 aromatic rings. The summed E-state index contributed by atoms with van der Waals surface area (Å²) in [5, 5.41) is 9.18. The summed E-state index contributed by atoms with van der Waals surface area (Å²) < 4.78 is 17.7. The standard InChI is InChI=1S/C33H46N2O7/c1-5-7-8-13-23-41-31(39)27-26-29(37)35(21-11-9-10-12-22-36)28(33(26)19-18-32(27,3)42-33)30(38)34(20-6-2)24-14-16-25(40-4)17-15-24/h5-6,14-17,26-28,36H,1-2,7-13,18-23H2,3-4H3/t26-,27-,28?,32+,33?/m0/s1. The van der Waals surface area contributed by atoms with Gasteiger partial charge in [0.05, 0.1) is 25.2 Å². The maximum atomic E-state index is 14.6. The molecule has 0 saturated carbocycles. The highest BCUT2D eigenvalue weighted by Gasteiger charge is 2.78. The van der Waals surface area contributed by atoms with Gasteiger partial charge in [0.1, 0.15) is 23.3 Å². The zero-order valence-corrected chi connectivity index (χ0v) is 25.1. The summed E-state index contributed by atoms with van der Waals surface area (Å²) >= 11 is 0. The van der Waals surface area contributed by atoms with Crippen LogP contribution in [0.25, 0.3) is 0 Å². The predicted molar refractivity (Wildman–Crippen MR) is 160 cm³/mol. The lowest BCUT2D eigenvalue weighted by molar-refractivity contribution is -0.159. The van der Waals surface area contributed by atoms with Gasteiger partial charge in [-0.1, -0.05) is 25.0 Å². The van der Waals surface area contributed by atoms with Gasteiger partial charge in [0.2, 0.25) is 5.91 Å². The first kappa shape index (κ1) is 31.8. The lowest BCUT2D eigenvalue weighted by Crippen LogP contribution is -2.56. The van der Waals surface area contributed by atoms with Crippen molar-refractivity contribution in [3.05, 3.63) is 49.6 Å². The summed E-state index contributed by atoms with van der Waals surface area (Å²) in [7, 11) is 1.58. The molecule has 2 bridgehead atoms. The summed E-state index contributed by atoms with van der Waals surface area (Å²) in [6, 6.07) is 6.32. The second-order valence-electron chi connectivity index (χ2n) is 11.8. The van der Waals surface area contributed by atoms with Crippen LogP contribution in [0.2, 0.25) is 0 Å². The van der Waals surface area contributed by atoms with Crippen molar-refractivity contribution in [1.29, 1.82) is 0 Å². The number of anilines is 1. The molecule has 4 rings (SSSR count). The highest BCUT2D eigenvalue weighted by atomic mass is 16.6. The molecule has 5 atom stereocenters. The van der Waals surface area contributed by atoms with E-state index in [9.17, 15) is 19.5 Å². The van der Waals surface area contributed by atoms with E-state index >= 15 is 0 Å². The van der Waals surface area contributed by atoms with Gasteiger partial charge >= 0.3 is 5.97 Å². The summed E-state index contributed by atoms with van der Waals surface area (Å²) in [5.74, 6) is -1.80. The Morgan fingerprint density at radius 2 is 1.83 bits per heavy atom. The number of hydrogen-bond donors (Lipinski definition) is 1. The van der Waals surface area contributed by atoms with E-state index < -0.39 is 35.0 Å². The first-order valence-electron chi connectivity index (χ1n) is 15.2. The Hall–Kier alpha value is -3.17. The zero-order valence-electron chi connectivity index (χ0n) is 25.1. The number of fused-ring (bicyclic) bond motifs is 1. The van der Waals surface area contributed by atoms with Crippen molar-refractivity contribution >= 4 is 23.5 Å². The van der Waals surface area contributed by atoms with Crippen LogP contribution in [0.5, 0.6) is 5.75 Å². The van der Waals surface area contributed by atoms with Crippen LogP contribution in [0.4, 0.5) is 5.69 Å². The number of ether oxygens (including phenoxy) is 3. The Bertz CT molecular complexity index is 1140. The number of rotatable bonds is 17. The van der Waals surface area contributed by atoms with Crippen molar-refractivity contribution in [3.63, 3.8) is 0 Å². The topological polar surface area (TPSA) is 106 Å². The van der Waals surface area contributed by atoms with Crippen LogP contribution in [-0.2, 0) is 23.9 Å². The Morgan fingerprint density at radius 1 is 1.10 bits per heavy atom. The second-order valence-corrected chi connectivity index (χ2v) is 11.8. The summed E-state index contributed by atoms with van der Waals surface area (Å²) in [6.45, 7) is 10.5. The predicted octanol–water partition coefficient (Wildman–Crippen LogP) is 4.43. The second kappa shape index (κ2) is 13.9. The van der Waals surface area contributed by atoms with Crippen molar-refractivity contribution in [2.24, 2.45) is 11.8 Å². The van der Waals surface area contributed by atoms with Crippen molar-refractivity contribution in [2.75, 3.05) is 38.3 Å². The molecule has 230 valence electrons. The highest BCUT2D eigenvalue weighted by Crippen LogP contribution is 2.63. The maximum Gasteiger partial charge on any atom is 0.312 e. The smallest absolute Gasteiger partial charge is 0.312 e. The lowest BCUT2D eigenvalue weighted by atomic mass is 9.66. The molecule has 9 heteroatoms. The normalized spacial score (nSPS) is 27.5. The zero-order chi connectivity index (χ0) is 30.3.